The monoisotopic (exact) mass is 354 g/mol. The predicted molar refractivity (Wildman–Crippen MR) is 98.5 cm³/mol. The maximum absolute atomic E-state index is 14.1. The molecule has 136 valence electrons. The van der Waals surface area contributed by atoms with Crippen LogP contribution < -0.4 is 4.90 Å². The van der Waals surface area contributed by atoms with Crippen LogP contribution in [-0.4, -0.2) is 42.6 Å². The molecule has 2 aromatic rings. The van der Waals surface area contributed by atoms with Gasteiger partial charge in [0.1, 0.15) is 5.82 Å². The van der Waals surface area contributed by atoms with E-state index >= 15 is 0 Å². The van der Waals surface area contributed by atoms with Crippen molar-refractivity contribution in [3.05, 3.63) is 66.0 Å². The van der Waals surface area contributed by atoms with E-state index in [1.165, 1.54) is 6.07 Å². The molecule has 2 saturated heterocycles. The molecule has 2 fully saturated rings. The molecule has 0 spiro atoms. The molecule has 3 unspecified atom stereocenters. The van der Waals surface area contributed by atoms with Gasteiger partial charge in [0.05, 0.1) is 23.9 Å². The summed E-state index contributed by atoms with van der Waals surface area (Å²) < 4.78 is 20.2. The summed E-state index contributed by atoms with van der Waals surface area (Å²) in [6, 6.07) is 16.4. The maximum Gasteiger partial charge on any atom is 0.244 e. The first-order valence-corrected chi connectivity index (χ1v) is 9.14. The highest BCUT2D eigenvalue weighted by Gasteiger charge is 2.40. The lowest BCUT2D eigenvalue weighted by atomic mass is 10.0. The Labute approximate surface area is 153 Å². The molecule has 2 aliphatic heterocycles. The van der Waals surface area contributed by atoms with E-state index in [2.05, 4.69) is 17.0 Å². The number of rotatable bonds is 3. The standard InChI is InChI=1S/C21H23FN2O2/c1-15-13-23(14-20(26-15)16-7-3-2-4-8-16)19-11-12-24(21(19)25)18-10-6-5-9-17(18)22/h2-10,15,19-20H,11-14H2,1H3. The summed E-state index contributed by atoms with van der Waals surface area (Å²) in [6.07, 6.45) is 0.709. The van der Waals surface area contributed by atoms with Crippen molar-refractivity contribution in [2.75, 3.05) is 24.5 Å². The molecular formula is C21H23FN2O2. The summed E-state index contributed by atoms with van der Waals surface area (Å²) in [5.74, 6) is -0.366. The van der Waals surface area contributed by atoms with Gasteiger partial charge < -0.3 is 9.64 Å². The summed E-state index contributed by atoms with van der Waals surface area (Å²) >= 11 is 0. The van der Waals surface area contributed by atoms with Crippen LogP contribution in [0.3, 0.4) is 0 Å². The minimum Gasteiger partial charge on any atom is -0.368 e. The lowest BCUT2D eigenvalue weighted by Crippen LogP contribution is -2.50. The summed E-state index contributed by atoms with van der Waals surface area (Å²) in [5, 5.41) is 0. The van der Waals surface area contributed by atoms with Crippen LogP contribution in [0.2, 0.25) is 0 Å². The van der Waals surface area contributed by atoms with Gasteiger partial charge in [-0.2, -0.15) is 0 Å². The molecule has 26 heavy (non-hydrogen) atoms. The van der Waals surface area contributed by atoms with Crippen molar-refractivity contribution in [3.8, 4) is 0 Å². The minimum absolute atomic E-state index is 0.0176. The zero-order valence-corrected chi connectivity index (χ0v) is 14.8. The molecule has 0 aromatic heterocycles. The Bertz CT molecular complexity index is 783. The highest BCUT2D eigenvalue weighted by molar-refractivity contribution is 5.99. The third kappa shape index (κ3) is 3.24. The lowest BCUT2D eigenvalue weighted by Gasteiger charge is -2.39. The molecule has 2 aliphatic rings. The van der Waals surface area contributed by atoms with E-state index in [1.54, 1.807) is 23.1 Å². The molecule has 0 radical (unpaired) electrons. The van der Waals surface area contributed by atoms with Crippen molar-refractivity contribution in [1.82, 2.24) is 4.90 Å². The molecule has 2 aromatic carbocycles. The molecule has 0 bridgehead atoms. The van der Waals surface area contributed by atoms with Gasteiger partial charge >= 0.3 is 0 Å². The number of anilines is 1. The Morgan fingerprint density at radius 1 is 1.04 bits per heavy atom. The van der Waals surface area contributed by atoms with Gasteiger partial charge in [-0.3, -0.25) is 9.69 Å². The van der Waals surface area contributed by atoms with Crippen LogP contribution >= 0.6 is 0 Å². The van der Waals surface area contributed by atoms with Crippen LogP contribution in [0.4, 0.5) is 10.1 Å². The average molecular weight is 354 g/mol. The number of amides is 1. The van der Waals surface area contributed by atoms with Crippen LogP contribution in [0.25, 0.3) is 0 Å². The van der Waals surface area contributed by atoms with E-state index in [0.29, 0.717) is 31.7 Å². The predicted octanol–water partition coefficient (Wildman–Crippen LogP) is 3.39. The van der Waals surface area contributed by atoms with Crippen molar-refractivity contribution >= 4 is 11.6 Å². The molecule has 0 saturated carbocycles. The first-order valence-electron chi connectivity index (χ1n) is 9.14. The third-order valence-corrected chi connectivity index (χ3v) is 5.22. The molecule has 0 aliphatic carbocycles. The quantitative estimate of drug-likeness (QED) is 0.847. The number of para-hydroxylation sites is 1. The van der Waals surface area contributed by atoms with Gasteiger partial charge in [0.25, 0.3) is 0 Å². The highest BCUT2D eigenvalue weighted by atomic mass is 19.1. The number of carbonyl (C=O) groups excluding carboxylic acids is 1. The zero-order valence-electron chi connectivity index (χ0n) is 14.8. The zero-order chi connectivity index (χ0) is 18.1. The smallest absolute Gasteiger partial charge is 0.244 e. The van der Waals surface area contributed by atoms with Crippen molar-refractivity contribution < 1.29 is 13.9 Å². The summed E-state index contributed by atoms with van der Waals surface area (Å²) in [6.45, 7) is 3.98. The molecule has 2 heterocycles. The Balaban J connectivity index is 1.52. The maximum atomic E-state index is 14.1. The number of morpholine rings is 1. The molecule has 4 rings (SSSR count). The Morgan fingerprint density at radius 2 is 1.77 bits per heavy atom. The molecule has 1 amide bonds. The van der Waals surface area contributed by atoms with E-state index in [9.17, 15) is 9.18 Å². The second-order valence-electron chi connectivity index (χ2n) is 7.05. The summed E-state index contributed by atoms with van der Waals surface area (Å²) in [7, 11) is 0. The first kappa shape index (κ1) is 17.2. The van der Waals surface area contributed by atoms with Gasteiger partial charge in [-0.1, -0.05) is 42.5 Å². The van der Waals surface area contributed by atoms with Crippen LogP contribution in [0.15, 0.2) is 54.6 Å². The van der Waals surface area contributed by atoms with E-state index in [1.807, 2.05) is 25.1 Å². The van der Waals surface area contributed by atoms with Crippen molar-refractivity contribution in [1.29, 1.82) is 0 Å². The van der Waals surface area contributed by atoms with Crippen LogP contribution in [-0.2, 0) is 9.53 Å². The second kappa shape index (κ2) is 7.17. The Morgan fingerprint density at radius 3 is 2.54 bits per heavy atom. The van der Waals surface area contributed by atoms with Crippen molar-refractivity contribution in [3.63, 3.8) is 0 Å². The SMILES string of the molecule is CC1CN(C2CCN(c3ccccc3F)C2=O)CC(c2ccccc2)O1. The fraction of sp³-hybridized carbons (Fsp3) is 0.381. The van der Waals surface area contributed by atoms with E-state index in [0.717, 1.165) is 5.56 Å². The number of halogens is 1. The van der Waals surface area contributed by atoms with E-state index in [-0.39, 0.29) is 30.0 Å². The van der Waals surface area contributed by atoms with Gasteiger partial charge in [-0.15, -0.1) is 0 Å². The van der Waals surface area contributed by atoms with Gasteiger partial charge in [-0.25, -0.2) is 4.39 Å². The number of benzene rings is 2. The first-order chi connectivity index (χ1) is 12.6. The van der Waals surface area contributed by atoms with Crippen molar-refractivity contribution in [2.45, 2.75) is 31.6 Å². The van der Waals surface area contributed by atoms with Gasteiger partial charge in [-0.05, 0) is 31.0 Å². The van der Waals surface area contributed by atoms with Gasteiger partial charge in [0.15, 0.2) is 0 Å². The number of ether oxygens (including phenoxy) is 1. The Hall–Kier alpha value is -2.24. The summed E-state index contributed by atoms with van der Waals surface area (Å²) in [4.78, 5) is 16.8. The number of carbonyl (C=O) groups is 1. The van der Waals surface area contributed by atoms with E-state index < -0.39 is 0 Å². The number of nitrogens with zero attached hydrogens (tertiary/aromatic N) is 2. The number of hydrogen-bond donors (Lipinski definition) is 0. The van der Waals surface area contributed by atoms with E-state index in [4.69, 9.17) is 4.74 Å². The fourth-order valence-electron chi connectivity index (χ4n) is 4.00. The number of hydrogen-bond acceptors (Lipinski definition) is 3. The lowest BCUT2D eigenvalue weighted by molar-refractivity contribution is -0.129. The van der Waals surface area contributed by atoms with Gasteiger partial charge in [0.2, 0.25) is 5.91 Å². The normalized spacial score (nSPS) is 27.1. The average Bonchev–Trinajstić information content (AvgIpc) is 3.04. The van der Waals surface area contributed by atoms with Crippen LogP contribution in [0.5, 0.6) is 0 Å². The highest BCUT2D eigenvalue weighted by Crippen LogP contribution is 2.31. The fourth-order valence-corrected chi connectivity index (χ4v) is 4.00. The van der Waals surface area contributed by atoms with Crippen LogP contribution in [0.1, 0.15) is 25.0 Å². The van der Waals surface area contributed by atoms with Gasteiger partial charge in [0, 0.05) is 19.6 Å². The molecule has 5 heteroatoms. The Kier molecular flexibility index (Phi) is 4.74. The van der Waals surface area contributed by atoms with Crippen molar-refractivity contribution in [2.24, 2.45) is 0 Å². The topological polar surface area (TPSA) is 32.8 Å². The molecule has 0 N–H and O–H groups in total. The third-order valence-electron chi connectivity index (χ3n) is 5.22. The second-order valence-corrected chi connectivity index (χ2v) is 7.05. The summed E-state index contributed by atoms with van der Waals surface area (Å²) in [5.41, 5.74) is 1.50. The van der Waals surface area contributed by atoms with Crippen LogP contribution in [0, 0.1) is 5.82 Å². The largest absolute Gasteiger partial charge is 0.368 e. The molecular weight excluding hydrogens is 331 g/mol. The minimum atomic E-state index is -0.348. The molecule has 3 atom stereocenters. The molecule has 4 nitrogen and oxygen atoms in total.